The van der Waals surface area contributed by atoms with Gasteiger partial charge in [-0.3, -0.25) is 14.5 Å². The molecule has 4 aliphatic rings. The Labute approximate surface area is 407 Å². The minimum absolute atomic E-state index is 0.0494. The SMILES string of the molecule is O=C(NC(c1ccccc1)c1cccc(OCc2ccc(C(=O)OCCN(C(=O)c3ccc(CNCC(O)c4ccc(O)c5[nH]c(=O)ccc45)cc3)C3CCCCC3)cc2)c1)O[C@H]1CN2CCC1CC2. The number of phenolic OH excluding ortho intramolecular Hbond substituents is 1. The number of hydrogen-bond acceptors (Lipinski definition) is 11. The molecule has 6 aromatic rings. The number of amides is 2. The number of esters is 1. The zero-order valence-electron chi connectivity index (χ0n) is 39.3. The van der Waals surface area contributed by atoms with Crippen molar-refractivity contribution >= 4 is 28.9 Å². The molecule has 3 saturated heterocycles. The van der Waals surface area contributed by atoms with Crippen molar-refractivity contribution in [1.82, 2.24) is 25.4 Å². The van der Waals surface area contributed by atoms with E-state index in [4.69, 9.17) is 14.2 Å². The Morgan fingerprint density at radius 2 is 1.51 bits per heavy atom. The number of aromatic amines is 1. The molecule has 4 fully saturated rings. The number of carbonyl (C=O) groups excluding carboxylic acids is 3. The Balaban J connectivity index is 0.758. The van der Waals surface area contributed by atoms with Crippen LogP contribution in [0.15, 0.2) is 132 Å². The number of pyridine rings is 1. The highest BCUT2D eigenvalue weighted by molar-refractivity contribution is 5.94. The summed E-state index contributed by atoms with van der Waals surface area (Å²) in [5.74, 6) is 0.387. The van der Waals surface area contributed by atoms with Gasteiger partial charge < -0.3 is 44.9 Å². The molecular weight excluding hydrogens is 887 g/mol. The molecule has 1 aromatic heterocycles. The highest BCUT2D eigenvalue weighted by Gasteiger charge is 2.37. The second-order valence-corrected chi connectivity index (χ2v) is 18.7. The van der Waals surface area contributed by atoms with Gasteiger partial charge in [-0.1, -0.05) is 92.1 Å². The zero-order chi connectivity index (χ0) is 48.4. The van der Waals surface area contributed by atoms with Gasteiger partial charge in [0.05, 0.1) is 29.8 Å². The maximum atomic E-state index is 14.0. The maximum absolute atomic E-state index is 14.0. The first-order chi connectivity index (χ1) is 34.1. The van der Waals surface area contributed by atoms with E-state index in [-0.39, 0.29) is 61.2 Å². The molecule has 5 N–H and O–H groups in total. The van der Waals surface area contributed by atoms with Gasteiger partial charge in [-0.2, -0.15) is 0 Å². The summed E-state index contributed by atoms with van der Waals surface area (Å²) in [5.41, 5.74) is 5.02. The van der Waals surface area contributed by atoms with E-state index in [0.717, 1.165) is 86.8 Å². The molecule has 5 aromatic carbocycles. The van der Waals surface area contributed by atoms with E-state index in [1.54, 1.807) is 36.4 Å². The molecular formula is C56H61N5O9. The summed E-state index contributed by atoms with van der Waals surface area (Å²) in [6.07, 6.45) is 5.66. The summed E-state index contributed by atoms with van der Waals surface area (Å²) in [7, 11) is 0. The van der Waals surface area contributed by atoms with Gasteiger partial charge in [0.25, 0.3) is 5.91 Å². The fraction of sp³-hybridized carbons (Fsp3) is 0.357. The molecule has 70 heavy (non-hydrogen) atoms. The van der Waals surface area contributed by atoms with E-state index in [1.807, 2.05) is 83.8 Å². The number of aromatic hydroxyl groups is 1. The lowest BCUT2D eigenvalue weighted by atomic mass is 9.86. The van der Waals surface area contributed by atoms with E-state index in [2.05, 4.69) is 20.5 Å². The van der Waals surface area contributed by atoms with Crippen LogP contribution in [-0.4, -0.2) is 94.4 Å². The molecule has 364 valence electrons. The van der Waals surface area contributed by atoms with Crippen molar-refractivity contribution in [3.05, 3.63) is 177 Å². The maximum Gasteiger partial charge on any atom is 0.408 e. The van der Waals surface area contributed by atoms with Gasteiger partial charge >= 0.3 is 12.1 Å². The molecule has 1 saturated carbocycles. The minimum Gasteiger partial charge on any atom is -0.506 e. The number of piperidine rings is 3. The normalized spacial score (nSPS) is 18.7. The predicted octanol–water partition coefficient (Wildman–Crippen LogP) is 8.18. The third kappa shape index (κ3) is 11.9. The highest BCUT2D eigenvalue weighted by Crippen LogP contribution is 2.32. The number of alkyl carbamates (subject to hydrolysis) is 1. The summed E-state index contributed by atoms with van der Waals surface area (Å²) in [5, 5.41) is 28.1. The van der Waals surface area contributed by atoms with Crippen LogP contribution in [0.25, 0.3) is 10.9 Å². The number of hydrogen-bond donors (Lipinski definition) is 5. The number of H-pyrrole nitrogens is 1. The van der Waals surface area contributed by atoms with E-state index in [9.17, 15) is 29.4 Å². The number of nitrogens with zero attached hydrogens (tertiary/aromatic N) is 2. The van der Waals surface area contributed by atoms with Gasteiger partial charge in [0, 0.05) is 42.7 Å². The molecule has 3 atom stereocenters. The van der Waals surface area contributed by atoms with Crippen LogP contribution >= 0.6 is 0 Å². The first-order valence-corrected chi connectivity index (χ1v) is 24.5. The molecule has 0 spiro atoms. The van der Waals surface area contributed by atoms with Crippen molar-refractivity contribution in [2.24, 2.45) is 5.92 Å². The summed E-state index contributed by atoms with van der Waals surface area (Å²) in [4.78, 5) is 59.2. The molecule has 0 radical (unpaired) electrons. The standard InChI is InChI=1S/C56H61N5O9/c62-48-24-22-46(47-23-25-51(64)58-53(47)48)49(63)34-57-33-37-14-18-41(19-15-37)54(65)61(44-11-5-2-6-12-44)30-31-68-55(66)42-20-16-38(17-21-42)36-69-45-13-7-10-43(32-45)52(40-8-3-1-4-9-40)59-56(67)70-50-35-60-28-26-39(50)27-29-60/h1,3-4,7-10,13-25,32,39,44,49-50,52,57,62-63H,2,5-6,11-12,26-31,33-36H2,(H,58,64)(H,59,67)/t49?,50-,52?/m0/s1. The molecule has 1 aliphatic carbocycles. The summed E-state index contributed by atoms with van der Waals surface area (Å²) in [6, 6.07) is 37.6. The monoisotopic (exact) mass is 947 g/mol. The van der Waals surface area contributed by atoms with Crippen LogP contribution in [0.2, 0.25) is 0 Å². The van der Waals surface area contributed by atoms with Crippen molar-refractivity contribution in [2.75, 3.05) is 39.3 Å². The van der Waals surface area contributed by atoms with Gasteiger partial charge in [-0.05, 0) is 121 Å². The van der Waals surface area contributed by atoms with Gasteiger partial charge in [0.1, 0.15) is 30.8 Å². The van der Waals surface area contributed by atoms with Crippen LogP contribution in [-0.2, 0) is 22.6 Å². The fourth-order valence-electron chi connectivity index (χ4n) is 10.1. The minimum atomic E-state index is -0.897. The Morgan fingerprint density at radius 1 is 0.786 bits per heavy atom. The molecule has 10 rings (SSSR count). The summed E-state index contributed by atoms with van der Waals surface area (Å²) < 4.78 is 18.0. The number of ether oxygens (including phenoxy) is 3. The summed E-state index contributed by atoms with van der Waals surface area (Å²) >= 11 is 0. The first-order valence-electron chi connectivity index (χ1n) is 24.5. The van der Waals surface area contributed by atoms with Crippen LogP contribution < -0.4 is 20.9 Å². The van der Waals surface area contributed by atoms with E-state index < -0.39 is 24.2 Å². The van der Waals surface area contributed by atoms with Gasteiger partial charge in [0.15, 0.2) is 0 Å². The lowest BCUT2D eigenvalue weighted by molar-refractivity contribution is -0.0336. The topological polar surface area (TPSA) is 183 Å². The van der Waals surface area contributed by atoms with Crippen molar-refractivity contribution in [2.45, 2.75) is 82.4 Å². The Hall–Kier alpha value is -7.00. The number of aliphatic hydroxyl groups excluding tert-OH is 1. The third-order valence-electron chi connectivity index (χ3n) is 14.0. The molecule has 2 unspecified atom stereocenters. The molecule has 14 heteroatoms. The number of aliphatic hydroxyl groups is 1. The smallest absolute Gasteiger partial charge is 0.408 e. The summed E-state index contributed by atoms with van der Waals surface area (Å²) in [6.45, 7) is 4.16. The van der Waals surface area contributed by atoms with Crippen LogP contribution in [0.4, 0.5) is 4.79 Å². The largest absolute Gasteiger partial charge is 0.506 e. The Morgan fingerprint density at radius 3 is 2.26 bits per heavy atom. The van der Waals surface area contributed by atoms with Crippen LogP contribution in [0.1, 0.15) is 106 Å². The van der Waals surface area contributed by atoms with Crippen LogP contribution in [0.3, 0.4) is 0 Å². The van der Waals surface area contributed by atoms with Gasteiger partial charge in [-0.15, -0.1) is 0 Å². The lowest BCUT2D eigenvalue weighted by Crippen LogP contribution is -2.52. The van der Waals surface area contributed by atoms with Gasteiger partial charge in [-0.25, -0.2) is 9.59 Å². The lowest BCUT2D eigenvalue weighted by Gasteiger charge is -2.43. The van der Waals surface area contributed by atoms with Crippen LogP contribution in [0.5, 0.6) is 11.5 Å². The molecule has 2 amide bonds. The number of fused-ring (bicyclic) bond motifs is 4. The van der Waals surface area contributed by atoms with E-state index >= 15 is 0 Å². The molecule has 4 heterocycles. The van der Waals surface area contributed by atoms with Crippen molar-refractivity contribution in [3.63, 3.8) is 0 Å². The van der Waals surface area contributed by atoms with Crippen LogP contribution in [0, 0.1) is 5.92 Å². The highest BCUT2D eigenvalue weighted by atomic mass is 16.6. The number of benzene rings is 5. The van der Waals surface area contributed by atoms with Crippen molar-refractivity contribution in [3.8, 4) is 11.5 Å². The number of nitrogens with one attached hydrogen (secondary N) is 3. The van der Waals surface area contributed by atoms with Gasteiger partial charge in [0.2, 0.25) is 5.56 Å². The van der Waals surface area contributed by atoms with E-state index in [1.165, 1.54) is 12.1 Å². The average molecular weight is 948 g/mol. The first kappa shape index (κ1) is 48.0. The van der Waals surface area contributed by atoms with Crippen molar-refractivity contribution in [1.29, 1.82) is 0 Å². The second kappa shape index (κ2) is 22.6. The second-order valence-electron chi connectivity index (χ2n) is 18.7. The third-order valence-corrected chi connectivity index (χ3v) is 14.0. The fourth-order valence-corrected chi connectivity index (χ4v) is 10.1. The Kier molecular flexibility index (Phi) is 15.5. The zero-order valence-corrected chi connectivity index (χ0v) is 39.3. The predicted molar refractivity (Wildman–Crippen MR) is 266 cm³/mol. The number of aromatic nitrogens is 1. The quantitative estimate of drug-likeness (QED) is 0.0524. The number of rotatable bonds is 18. The molecule has 14 nitrogen and oxygen atoms in total. The van der Waals surface area contributed by atoms with E-state index in [0.29, 0.717) is 40.3 Å². The number of carbonyl (C=O) groups is 3. The Bertz CT molecular complexity index is 2790. The molecule has 3 aliphatic heterocycles. The van der Waals surface area contributed by atoms with Crippen molar-refractivity contribution < 1.29 is 38.8 Å². The molecule has 2 bridgehead atoms. The average Bonchev–Trinajstić information content (AvgIpc) is 3.40. The number of phenols is 1.